The number of para-hydroxylation sites is 1. The van der Waals surface area contributed by atoms with E-state index in [1.54, 1.807) is 6.92 Å². The van der Waals surface area contributed by atoms with E-state index in [1.807, 2.05) is 36.4 Å². The third-order valence-corrected chi connectivity index (χ3v) is 4.42. The SMILES string of the molecule is CCOC(=O)Cc1ccccc1OCc1cccc2ccc(Br)cc12. The number of rotatable bonds is 6. The Hall–Kier alpha value is -2.33. The lowest BCUT2D eigenvalue weighted by Gasteiger charge is -2.13. The van der Waals surface area contributed by atoms with E-state index in [9.17, 15) is 4.79 Å². The van der Waals surface area contributed by atoms with Crippen LogP contribution in [-0.4, -0.2) is 12.6 Å². The lowest BCUT2D eigenvalue weighted by molar-refractivity contribution is -0.142. The molecule has 0 heterocycles. The molecule has 3 aromatic rings. The standard InChI is InChI=1S/C21H19BrO3/c1-2-24-21(23)12-16-6-3-4-9-20(16)25-14-17-8-5-7-15-10-11-18(22)13-19(15)17/h3-11,13H,2,12,14H2,1H3. The number of hydrogen-bond donors (Lipinski definition) is 0. The summed E-state index contributed by atoms with van der Waals surface area (Å²) >= 11 is 3.52. The Morgan fingerprint density at radius 3 is 2.64 bits per heavy atom. The van der Waals surface area contributed by atoms with Gasteiger partial charge in [0.15, 0.2) is 0 Å². The van der Waals surface area contributed by atoms with Gasteiger partial charge in [-0.05, 0) is 41.5 Å². The van der Waals surface area contributed by atoms with Crippen LogP contribution in [0.15, 0.2) is 65.1 Å². The second-order valence-electron chi connectivity index (χ2n) is 5.66. The van der Waals surface area contributed by atoms with E-state index in [-0.39, 0.29) is 12.4 Å². The van der Waals surface area contributed by atoms with Crippen molar-refractivity contribution in [2.45, 2.75) is 20.0 Å². The molecule has 128 valence electrons. The minimum Gasteiger partial charge on any atom is -0.489 e. The average Bonchev–Trinajstić information content (AvgIpc) is 2.61. The molecule has 3 rings (SSSR count). The highest BCUT2D eigenvalue weighted by molar-refractivity contribution is 9.10. The van der Waals surface area contributed by atoms with Crippen LogP contribution in [0.25, 0.3) is 10.8 Å². The molecule has 0 unspecified atom stereocenters. The zero-order chi connectivity index (χ0) is 17.6. The van der Waals surface area contributed by atoms with Crippen LogP contribution in [0.3, 0.4) is 0 Å². The number of halogens is 1. The van der Waals surface area contributed by atoms with Crippen LogP contribution in [-0.2, 0) is 22.6 Å². The van der Waals surface area contributed by atoms with Gasteiger partial charge in [-0.1, -0.05) is 58.4 Å². The van der Waals surface area contributed by atoms with Gasteiger partial charge in [-0.15, -0.1) is 0 Å². The van der Waals surface area contributed by atoms with Gasteiger partial charge in [-0.25, -0.2) is 0 Å². The second-order valence-corrected chi connectivity index (χ2v) is 6.58. The van der Waals surface area contributed by atoms with Crippen molar-refractivity contribution in [2.75, 3.05) is 6.61 Å². The maximum Gasteiger partial charge on any atom is 0.310 e. The first kappa shape index (κ1) is 17.5. The molecule has 0 N–H and O–H groups in total. The normalized spacial score (nSPS) is 10.6. The summed E-state index contributed by atoms with van der Waals surface area (Å²) in [5.74, 6) is 0.468. The zero-order valence-electron chi connectivity index (χ0n) is 14.0. The van der Waals surface area contributed by atoms with Crippen LogP contribution >= 0.6 is 15.9 Å². The maximum atomic E-state index is 11.8. The van der Waals surface area contributed by atoms with E-state index in [2.05, 4.69) is 40.2 Å². The van der Waals surface area contributed by atoms with Crippen LogP contribution in [0.4, 0.5) is 0 Å². The van der Waals surface area contributed by atoms with Crippen molar-refractivity contribution in [2.24, 2.45) is 0 Å². The average molecular weight is 399 g/mol. The molecule has 0 saturated heterocycles. The first-order chi connectivity index (χ1) is 12.2. The van der Waals surface area contributed by atoms with Gasteiger partial charge in [0.1, 0.15) is 12.4 Å². The third kappa shape index (κ3) is 4.40. The van der Waals surface area contributed by atoms with Crippen molar-refractivity contribution >= 4 is 32.7 Å². The predicted octanol–water partition coefficient (Wildman–Crippen LogP) is 5.29. The van der Waals surface area contributed by atoms with E-state index in [0.717, 1.165) is 21.0 Å². The Bertz CT molecular complexity index is 889. The number of hydrogen-bond acceptors (Lipinski definition) is 3. The molecule has 3 aromatic carbocycles. The second kappa shape index (κ2) is 8.17. The van der Waals surface area contributed by atoms with E-state index < -0.39 is 0 Å². The summed E-state index contributed by atoms with van der Waals surface area (Å²) in [6, 6.07) is 20.0. The van der Waals surface area contributed by atoms with Gasteiger partial charge in [0, 0.05) is 10.0 Å². The fourth-order valence-corrected chi connectivity index (χ4v) is 3.11. The molecule has 0 fully saturated rings. The molecule has 0 aliphatic rings. The summed E-state index contributed by atoms with van der Waals surface area (Å²) in [5.41, 5.74) is 1.94. The first-order valence-electron chi connectivity index (χ1n) is 8.21. The molecule has 0 aliphatic carbocycles. The Labute approximate surface area is 155 Å². The lowest BCUT2D eigenvalue weighted by Crippen LogP contribution is -2.09. The topological polar surface area (TPSA) is 35.5 Å². The van der Waals surface area contributed by atoms with E-state index >= 15 is 0 Å². The van der Waals surface area contributed by atoms with Crippen molar-refractivity contribution in [3.63, 3.8) is 0 Å². The highest BCUT2D eigenvalue weighted by Gasteiger charge is 2.10. The van der Waals surface area contributed by atoms with Crippen molar-refractivity contribution in [1.29, 1.82) is 0 Å². The van der Waals surface area contributed by atoms with Crippen LogP contribution in [0.5, 0.6) is 5.75 Å². The highest BCUT2D eigenvalue weighted by atomic mass is 79.9. The molecule has 0 bridgehead atoms. The van der Waals surface area contributed by atoms with Gasteiger partial charge in [0.25, 0.3) is 0 Å². The molecule has 0 aromatic heterocycles. The van der Waals surface area contributed by atoms with Crippen LogP contribution in [0, 0.1) is 0 Å². The van der Waals surface area contributed by atoms with Crippen LogP contribution in [0.1, 0.15) is 18.1 Å². The minimum absolute atomic E-state index is 0.213. The van der Waals surface area contributed by atoms with Crippen LogP contribution in [0.2, 0.25) is 0 Å². The maximum absolute atomic E-state index is 11.8. The van der Waals surface area contributed by atoms with E-state index in [4.69, 9.17) is 9.47 Å². The molecule has 25 heavy (non-hydrogen) atoms. The smallest absolute Gasteiger partial charge is 0.310 e. The molecule has 0 radical (unpaired) electrons. The molecular formula is C21H19BrO3. The predicted molar refractivity (Wildman–Crippen MR) is 103 cm³/mol. The van der Waals surface area contributed by atoms with Crippen molar-refractivity contribution in [3.05, 3.63) is 76.3 Å². The van der Waals surface area contributed by atoms with E-state index in [0.29, 0.717) is 19.0 Å². The lowest BCUT2D eigenvalue weighted by atomic mass is 10.1. The first-order valence-corrected chi connectivity index (χ1v) is 9.00. The Morgan fingerprint density at radius 2 is 1.80 bits per heavy atom. The molecule has 0 atom stereocenters. The summed E-state index contributed by atoms with van der Waals surface area (Å²) < 4.78 is 12.1. The largest absolute Gasteiger partial charge is 0.489 e. The number of carbonyl (C=O) groups is 1. The molecule has 0 saturated carbocycles. The fraction of sp³-hybridized carbons (Fsp3) is 0.190. The number of ether oxygens (including phenoxy) is 2. The monoisotopic (exact) mass is 398 g/mol. The Balaban J connectivity index is 1.81. The van der Waals surface area contributed by atoms with Crippen molar-refractivity contribution in [3.8, 4) is 5.75 Å². The van der Waals surface area contributed by atoms with E-state index in [1.165, 1.54) is 5.39 Å². The summed E-state index contributed by atoms with van der Waals surface area (Å²) in [4.78, 5) is 11.8. The molecule has 0 aliphatic heterocycles. The molecular weight excluding hydrogens is 380 g/mol. The summed E-state index contributed by atoms with van der Waals surface area (Å²) in [6.07, 6.45) is 0.213. The molecule has 0 spiro atoms. The Kier molecular flexibility index (Phi) is 5.71. The van der Waals surface area contributed by atoms with Gasteiger partial charge < -0.3 is 9.47 Å². The van der Waals surface area contributed by atoms with Gasteiger partial charge in [-0.3, -0.25) is 4.79 Å². The number of esters is 1. The zero-order valence-corrected chi connectivity index (χ0v) is 15.6. The molecule has 4 heteroatoms. The van der Waals surface area contributed by atoms with Gasteiger partial charge in [0.2, 0.25) is 0 Å². The number of benzene rings is 3. The minimum atomic E-state index is -0.243. The summed E-state index contributed by atoms with van der Waals surface area (Å²) in [7, 11) is 0. The Morgan fingerprint density at radius 1 is 1.00 bits per heavy atom. The number of carbonyl (C=O) groups excluding carboxylic acids is 1. The summed E-state index contributed by atoms with van der Waals surface area (Å²) in [5, 5.41) is 2.32. The molecule has 3 nitrogen and oxygen atoms in total. The molecule has 0 amide bonds. The van der Waals surface area contributed by atoms with Crippen LogP contribution < -0.4 is 4.74 Å². The van der Waals surface area contributed by atoms with Gasteiger partial charge in [-0.2, -0.15) is 0 Å². The number of fused-ring (bicyclic) bond motifs is 1. The van der Waals surface area contributed by atoms with Crippen molar-refractivity contribution < 1.29 is 14.3 Å². The highest BCUT2D eigenvalue weighted by Crippen LogP contribution is 2.26. The van der Waals surface area contributed by atoms with Gasteiger partial charge >= 0.3 is 5.97 Å². The fourth-order valence-electron chi connectivity index (χ4n) is 2.75. The third-order valence-electron chi connectivity index (χ3n) is 3.93. The quantitative estimate of drug-likeness (QED) is 0.529. The van der Waals surface area contributed by atoms with Gasteiger partial charge in [0.05, 0.1) is 13.0 Å². The summed E-state index contributed by atoms with van der Waals surface area (Å²) in [6.45, 7) is 2.62. The van der Waals surface area contributed by atoms with Crippen molar-refractivity contribution in [1.82, 2.24) is 0 Å².